The molecule has 136 valence electrons. The van der Waals surface area contributed by atoms with E-state index < -0.39 is 5.97 Å². The molecule has 26 heavy (non-hydrogen) atoms. The molecular formula is C17H16FN3O3S2. The fourth-order valence-electron chi connectivity index (χ4n) is 2.10. The largest absolute Gasteiger partial charge is 0.463 e. The minimum atomic E-state index is -0.503. The number of halogens is 1. The molecule has 1 N–H and O–H groups in total. The zero-order valence-corrected chi connectivity index (χ0v) is 15.7. The molecule has 0 saturated heterocycles. The number of nitrogens with one attached hydrogen (secondary N) is 1. The summed E-state index contributed by atoms with van der Waals surface area (Å²) in [5.74, 6) is 0.0718. The number of thioether (sulfide) groups is 1. The zero-order chi connectivity index (χ0) is 18.5. The third kappa shape index (κ3) is 4.61. The third-order valence-corrected chi connectivity index (χ3v) is 5.54. The quantitative estimate of drug-likeness (QED) is 0.467. The van der Waals surface area contributed by atoms with Gasteiger partial charge >= 0.3 is 5.97 Å². The molecular weight excluding hydrogens is 377 g/mol. The number of carbonyl (C=O) groups excluding carboxylic acids is 1. The molecule has 1 aromatic carbocycles. The van der Waals surface area contributed by atoms with Crippen LogP contribution in [0, 0.1) is 5.82 Å². The number of aromatic nitrogens is 2. The Morgan fingerprint density at radius 2 is 2.08 bits per heavy atom. The van der Waals surface area contributed by atoms with Crippen molar-refractivity contribution in [3.63, 3.8) is 0 Å². The van der Waals surface area contributed by atoms with Crippen molar-refractivity contribution in [1.82, 2.24) is 10.2 Å². The van der Waals surface area contributed by atoms with E-state index in [4.69, 9.17) is 4.42 Å². The number of nitrogens with zero attached hydrogens (tertiary/aromatic N) is 2. The number of anilines is 1. The maximum absolute atomic E-state index is 12.9. The molecule has 3 aromatic rings. The molecule has 0 radical (unpaired) electrons. The third-order valence-electron chi connectivity index (χ3n) is 3.46. The molecule has 9 heteroatoms. The van der Waals surface area contributed by atoms with Crippen LogP contribution in [0.15, 0.2) is 45.2 Å². The Labute approximate surface area is 157 Å². The molecule has 2 aromatic heterocycles. The lowest BCUT2D eigenvalue weighted by Crippen LogP contribution is -1.98. The highest BCUT2D eigenvalue weighted by Crippen LogP contribution is 2.38. The van der Waals surface area contributed by atoms with Gasteiger partial charge in [0.25, 0.3) is 0 Å². The fourth-order valence-corrected chi connectivity index (χ4v) is 4.07. The normalized spacial score (nSPS) is 12.0. The van der Waals surface area contributed by atoms with Gasteiger partial charge < -0.3 is 14.5 Å². The number of hydrogen-bond donors (Lipinski definition) is 1. The second-order valence-electron chi connectivity index (χ2n) is 5.31. The molecule has 0 amide bonds. The van der Waals surface area contributed by atoms with Crippen LogP contribution in [0.3, 0.4) is 0 Å². The van der Waals surface area contributed by atoms with Crippen LogP contribution in [0.1, 0.15) is 34.1 Å². The molecule has 0 bridgehead atoms. The Balaban J connectivity index is 1.56. The van der Waals surface area contributed by atoms with Crippen molar-refractivity contribution in [2.45, 2.75) is 23.1 Å². The molecule has 1 unspecified atom stereocenters. The standard InChI is InChI=1S/C17H16FN3O3S2/c1-10(13-7-8-14(24-13)15(22)23-2)25-17-21-20-16(26-17)19-9-11-3-5-12(18)6-4-11/h3-8,10H,9H2,1-2H3,(H,19,20). The highest BCUT2D eigenvalue weighted by Gasteiger charge is 2.18. The van der Waals surface area contributed by atoms with Gasteiger partial charge in [0.1, 0.15) is 11.6 Å². The predicted octanol–water partition coefficient (Wildman–Crippen LogP) is 4.52. The van der Waals surface area contributed by atoms with E-state index in [1.165, 1.54) is 42.3 Å². The number of furan rings is 1. The molecule has 3 rings (SSSR count). The van der Waals surface area contributed by atoms with Crippen molar-refractivity contribution in [2.24, 2.45) is 0 Å². The summed E-state index contributed by atoms with van der Waals surface area (Å²) in [7, 11) is 1.31. The maximum Gasteiger partial charge on any atom is 0.373 e. The van der Waals surface area contributed by atoms with Gasteiger partial charge in [-0.05, 0) is 36.8 Å². The van der Waals surface area contributed by atoms with E-state index in [1.54, 1.807) is 24.3 Å². The van der Waals surface area contributed by atoms with Gasteiger partial charge in [0.05, 0.1) is 12.4 Å². The highest BCUT2D eigenvalue weighted by molar-refractivity contribution is 8.01. The van der Waals surface area contributed by atoms with Gasteiger partial charge in [0, 0.05) is 6.54 Å². The van der Waals surface area contributed by atoms with Gasteiger partial charge in [-0.15, -0.1) is 10.2 Å². The van der Waals surface area contributed by atoms with Crippen molar-refractivity contribution < 1.29 is 18.3 Å². The number of carbonyl (C=O) groups is 1. The van der Waals surface area contributed by atoms with Gasteiger partial charge in [-0.25, -0.2) is 9.18 Å². The first-order valence-corrected chi connectivity index (χ1v) is 9.41. The van der Waals surface area contributed by atoms with E-state index in [0.717, 1.165) is 9.90 Å². The summed E-state index contributed by atoms with van der Waals surface area (Å²) in [6.07, 6.45) is 0. The van der Waals surface area contributed by atoms with Crippen LogP contribution in [0.5, 0.6) is 0 Å². The second-order valence-corrected chi connectivity index (χ2v) is 7.87. The first kappa shape index (κ1) is 18.4. The summed E-state index contributed by atoms with van der Waals surface area (Å²) >= 11 is 2.90. The molecule has 0 aliphatic carbocycles. The van der Waals surface area contributed by atoms with E-state index in [-0.39, 0.29) is 16.8 Å². The second kappa shape index (κ2) is 8.33. The lowest BCUT2D eigenvalue weighted by molar-refractivity contribution is 0.0563. The van der Waals surface area contributed by atoms with Crippen LogP contribution in [0.4, 0.5) is 9.52 Å². The molecule has 0 spiro atoms. The van der Waals surface area contributed by atoms with Crippen LogP contribution in [0.25, 0.3) is 0 Å². The first-order chi connectivity index (χ1) is 12.5. The molecule has 1 atom stereocenters. The molecule has 2 heterocycles. The van der Waals surface area contributed by atoms with Gasteiger partial charge in [-0.2, -0.15) is 0 Å². The van der Waals surface area contributed by atoms with Gasteiger partial charge in [0.15, 0.2) is 4.34 Å². The monoisotopic (exact) mass is 393 g/mol. The Bertz CT molecular complexity index is 880. The summed E-state index contributed by atoms with van der Waals surface area (Å²) < 4.78 is 23.8. The van der Waals surface area contributed by atoms with Crippen molar-refractivity contribution in [3.8, 4) is 0 Å². The summed E-state index contributed by atoms with van der Waals surface area (Å²) in [5.41, 5.74) is 0.954. The molecule has 0 aliphatic heterocycles. The number of rotatable bonds is 7. The Kier molecular flexibility index (Phi) is 5.89. The zero-order valence-electron chi connectivity index (χ0n) is 14.1. The van der Waals surface area contributed by atoms with Crippen LogP contribution in [-0.4, -0.2) is 23.3 Å². The predicted molar refractivity (Wildman–Crippen MR) is 98.0 cm³/mol. The van der Waals surface area contributed by atoms with Gasteiger partial charge in [-0.3, -0.25) is 0 Å². The highest BCUT2D eigenvalue weighted by atomic mass is 32.2. The summed E-state index contributed by atoms with van der Waals surface area (Å²) in [5, 5.41) is 12.1. The Morgan fingerprint density at radius 1 is 1.31 bits per heavy atom. The summed E-state index contributed by atoms with van der Waals surface area (Å²) in [6.45, 7) is 2.49. The van der Waals surface area contributed by atoms with E-state index in [1.807, 2.05) is 6.92 Å². The van der Waals surface area contributed by atoms with Crippen LogP contribution in [0.2, 0.25) is 0 Å². The van der Waals surface area contributed by atoms with Crippen LogP contribution in [-0.2, 0) is 11.3 Å². The average Bonchev–Trinajstić information content (AvgIpc) is 3.30. The van der Waals surface area contributed by atoms with Crippen molar-refractivity contribution >= 4 is 34.2 Å². The molecule has 0 aliphatic rings. The number of ether oxygens (including phenoxy) is 1. The van der Waals surface area contributed by atoms with Crippen LogP contribution >= 0.6 is 23.1 Å². The Morgan fingerprint density at radius 3 is 2.81 bits per heavy atom. The maximum atomic E-state index is 12.9. The molecule has 0 saturated carbocycles. The fraction of sp³-hybridized carbons (Fsp3) is 0.235. The minimum Gasteiger partial charge on any atom is -0.463 e. The van der Waals surface area contributed by atoms with Crippen molar-refractivity contribution in [3.05, 3.63) is 59.3 Å². The lowest BCUT2D eigenvalue weighted by atomic mass is 10.2. The van der Waals surface area contributed by atoms with Crippen LogP contribution < -0.4 is 5.32 Å². The minimum absolute atomic E-state index is 0.0358. The number of methoxy groups -OCH3 is 1. The van der Waals surface area contributed by atoms with Gasteiger partial charge in [0.2, 0.25) is 10.9 Å². The van der Waals surface area contributed by atoms with E-state index in [2.05, 4.69) is 20.3 Å². The first-order valence-electron chi connectivity index (χ1n) is 7.71. The van der Waals surface area contributed by atoms with E-state index in [9.17, 15) is 9.18 Å². The summed E-state index contributed by atoms with van der Waals surface area (Å²) in [4.78, 5) is 11.4. The van der Waals surface area contributed by atoms with E-state index in [0.29, 0.717) is 17.4 Å². The lowest BCUT2D eigenvalue weighted by Gasteiger charge is -2.04. The van der Waals surface area contributed by atoms with Crippen molar-refractivity contribution in [1.29, 1.82) is 0 Å². The van der Waals surface area contributed by atoms with Gasteiger partial charge in [-0.1, -0.05) is 35.2 Å². The molecule has 0 fully saturated rings. The SMILES string of the molecule is COC(=O)c1ccc(C(C)Sc2nnc(NCc3ccc(F)cc3)s2)o1. The number of hydrogen-bond acceptors (Lipinski definition) is 8. The van der Waals surface area contributed by atoms with Crippen molar-refractivity contribution in [2.75, 3.05) is 12.4 Å². The number of benzene rings is 1. The number of esters is 1. The average molecular weight is 393 g/mol. The molecule has 6 nitrogen and oxygen atoms in total. The summed E-state index contributed by atoms with van der Waals surface area (Å²) in [6, 6.07) is 9.62. The Hall–Kier alpha value is -2.39. The van der Waals surface area contributed by atoms with E-state index >= 15 is 0 Å². The smallest absolute Gasteiger partial charge is 0.373 e. The topological polar surface area (TPSA) is 77.2 Å².